The lowest BCUT2D eigenvalue weighted by Crippen LogP contribution is -2.33. The number of aromatic nitrogens is 1. The standard InChI is InChI=1S/C68H42N2O/c1-3-19-43(20-4-1)67(44-21-5-2-6-22-44)55-29-11-7-23-47(55)49-39-37-45(41-59(49)67)69(63-35-18-28-54-52-26-10-16-36-64(52)71-66(54)63)46-38-40-50-48-24-8-12-30-56(48)68(60(50)42-46)57-31-13-15-34-62(57)70-61-33-14-9-25-51(61)53-27-17-32-58(68)65(53)70/h1-42H. The molecule has 0 saturated heterocycles. The lowest BCUT2D eigenvalue weighted by Gasteiger charge is -2.40. The summed E-state index contributed by atoms with van der Waals surface area (Å²) in [6, 6.07) is 94.8. The van der Waals surface area contributed by atoms with Crippen LogP contribution in [0.15, 0.2) is 259 Å². The van der Waals surface area contributed by atoms with Crippen molar-refractivity contribution in [3.8, 4) is 27.9 Å². The SMILES string of the molecule is c1ccc(C2(c3ccccc3)c3ccccc3-c3ccc(N(c4ccc5c(c4)C4(c6ccccc6-5)c5ccccc5-n5c6ccccc6c6cccc4c65)c4cccc5c4oc4ccccc45)cc32)cc1. The fourth-order valence-corrected chi connectivity index (χ4v) is 13.6. The molecule has 0 bridgehead atoms. The quantitative estimate of drug-likeness (QED) is 0.172. The molecule has 2 aliphatic carbocycles. The number of rotatable bonds is 5. The van der Waals surface area contributed by atoms with Gasteiger partial charge in [-0.1, -0.05) is 206 Å². The zero-order valence-electron chi connectivity index (χ0n) is 38.6. The van der Waals surface area contributed by atoms with Crippen LogP contribution in [0.3, 0.4) is 0 Å². The van der Waals surface area contributed by atoms with Crippen LogP contribution < -0.4 is 4.90 Å². The van der Waals surface area contributed by atoms with Gasteiger partial charge in [0.05, 0.1) is 33.2 Å². The van der Waals surface area contributed by atoms with Gasteiger partial charge >= 0.3 is 0 Å². The Kier molecular flexibility index (Phi) is 7.75. The van der Waals surface area contributed by atoms with Gasteiger partial charge in [-0.25, -0.2) is 0 Å². The Morgan fingerprint density at radius 1 is 0.338 bits per heavy atom. The van der Waals surface area contributed by atoms with Crippen LogP contribution in [0.2, 0.25) is 0 Å². The fraction of sp³-hybridized carbons (Fsp3) is 0.0294. The number of para-hydroxylation sites is 5. The third-order valence-corrected chi connectivity index (χ3v) is 16.3. The molecule has 3 heteroatoms. The highest BCUT2D eigenvalue weighted by molar-refractivity contribution is 6.13. The summed E-state index contributed by atoms with van der Waals surface area (Å²) in [6.45, 7) is 0. The molecular formula is C68H42N2O. The van der Waals surface area contributed by atoms with Crippen LogP contribution in [0.25, 0.3) is 71.7 Å². The molecule has 11 aromatic carbocycles. The predicted molar refractivity (Wildman–Crippen MR) is 291 cm³/mol. The normalized spacial score (nSPS) is 15.5. The van der Waals surface area contributed by atoms with E-state index in [2.05, 4.69) is 264 Å². The third-order valence-electron chi connectivity index (χ3n) is 16.3. The number of hydrogen-bond acceptors (Lipinski definition) is 2. The minimum Gasteiger partial charge on any atom is -0.454 e. The Morgan fingerprint density at radius 3 is 1.56 bits per heavy atom. The molecule has 13 aromatic rings. The van der Waals surface area contributed by atoms with Gasteiger partial charge in [0, 0.05) is 32.9 Å². The molecule has 0 saturated carbocycles. The number of fused-ring (bicyclic) bond motifs is 18. The molecule has 3 aliphatic rings. The Morgan fingerprint density at radius 2 is 0.845 bits per heavy atom. The second-order valence-corrected chi connectivity index (χ2v) is 19.4. The van der Waals surface area contributed by atoms with Crippen LogP contribution >= 0.6 is 0 Å². The highest BCUT2D eigenvalue weighted by Crippen LogP contribution is 2.63. The molecule has 0 amide bonds. The molecule has 2 aromatic heterocycles. The largest absolute Gasteiger partial charge is 0.454 e. The molecule has 0 fully saturated rings. The van der Waals surface area contributed by atoms with E-state index in [0.29, 0.717) is 0 Å². The fourth-order valence-electron chi connectivity index (χ4n) is 13.6. The van der Waals surface area contributed by atoms with Crippen LogP contribution in [0, 0.1) is 0 Å². The van der Waals surface area contributed by atoms with E-state index in [9.17, 15) is 0 Å². The van der Waals surface area contributed by atoms with E-state index in [-0.39, 0.29) is 0 Å². The van der Waals surface area contributed by atoms with Crippen LogP contribution in [-0.2, 0) is 10.8 Å². The van der Waals surface area contributed by atoms with Gasteiger partial charge in [-0.2, -0.15) is 0 Å². The molecule has 0 radical (unpaired) electrons. The van der Waals surface area contributed by atoms with E-state index >= 15 is 0 Å². The Balaban J connectivity index is 1.01. The molecule has 1 unspecified atom stereocenters. The topological polar surface area (TPSA) is 21.3 Å². The van der Waals surface area contributed by atoms with E-state index in [4.69, 9.17) is 4.42 Å². The van der Waals surface area contributed by atoms with Gasteiger partial charge in [0.2, 0.25) is 0 Å². The number of furan rings is 1. The molecule has 3 heterocycles. The Bertz CT molecular complexity index is 4330. The minimum absolute atomic E-state index is 0.575. The molecule has 0 N–H and O–H groups in total. The third kappa shape index (κ3) is 4.87. The van der Waals surface area contributed by atoms with Gasteiger partial charge in [-0.15, -0.1) is 0 Å². The zero-order chi connectivity index (χ0) is 46.4. The summed E-state index contributed by atoms with van der Waals surface area (Å²) in [5.74, 6) is 0. The first-order valence-electron chi connectivity index (χ1n) is 24.7. The van der Waals surface area contributed by atoms with Crippen molar-refractivity contribution in [2.24, 2.45) is 0 Å². The maximum Gasteiger partial charge on any atom is 0.159 e. The minimum atomic E-state index is -0.616. The highest BCUT2D eigenvalue weighted by Gasteiger charge is 2.51. The maximum absolute atomic E-state index is 6.99. The monoisotopic (exact) mass is 902 g/mol. The van der Waals surface area contributed by atoms with Crippen LogP contribution in [-0.4, -0.2) is 4.57 Å². The van der Waals surface area contributed by atoms with Crippen molar-refractivity contribution < 1.29 is 4.42 Å². The lowest BCUT2D eigenvalue weighted by atomic mass is 9.65. The number of benzene rings is 11. The lowest BCUT2D eigenvalue weighted by molar-refractivity contribution is 0.669. The van der Waals surface area contributed by atoms with E-state index in [1.165, 1.54) is 94.3 Å². The van der Waals surface area contributed by atoms with Crippen molar-refractivity contribution in [3.63, 3.8) is 0 Å². The average Bonchev–Trinajstić information content (AvgIpc) is 4.17. The molecule has 330 valence electrons. The molecule has 3 nitrogen and oxygen atoms in total. The van der Waals surface area contributed by atoms with Crippen molar-refractivity contribution in [2.75, 3.05) is 4.90 Å². The second-order valence-electron chi connectivity index (χ2n) is 19.4. The first-order valence-corrected chi connectivity index (χ1v) is 24.7. The number of hydrogen-bond donors (Lipinski definition) is 0. The van der Waals surface area contributed by atoms with E-state index in [0.717, 1.165) is 39.0 Å². The van der Waals surface area contributed by atoms with E-state index < -0.39 is 10.8 Å². The summed E-state index contributed by atoms with van der Waals surface area (Å²) in [5, 5.41) is 4.73. The molecular weight excluding hydrogens is 861 g/mol. The first kappa shape index (κ1) is 38.8. The predicted octanol–water partition coefficient (Wildman–Crippen LogP) is 17.2. The van der Waals surface area contributed by atoms with Gasteiger partial charge in [-0.3, -0.25) is 0 Å². The van der Waals surface area contributed by atoms with Gasteiger partial charge < -0.3 is 13.9 Å². The van der Waals surface area contributed by atoms with Gasteiger partial charge in [0.1, 0.15) is 5.58 Å². The van der Waals surface area contributed by atoms with Crippen molar-refractivity contribution in [3.05, 3.63) is 299 Å². The van der Waals surface area contributed by atoms with Crippen molar-refractivity contribution in [1.29, 1.82) is 0 Å². The van der Waals surface area contributed by atoms with Crippen LogP contribution in [0.4, 0.5) is 17.1 Å². The molecule has 16 rings (SSSR count). The molecule has 71 heavy (non-hydrogen) atoms. The average molecular weight is 903 g/mol. The van der Waals surface area contributed by atoms with Gasteiger partial charge in [0.25, 0.3) is 0 Å². The van der Waals surface area contributed by atoms with E-state index in [1.807, 2.05) is 0 Å². The van der Waals surface area contributed by atoms with Crippen LogP contribution in [0.5, 0.6) is 0 Å². The number of anilines is 3. The summed E-state index contributed by atoms with van der Waals surface area (Å²) in [6.07, 6.45) is 0. The zero-order valence-corrected chi connectivity index (χ0v) is 38.6. The summed E-state index contributed by atoms with van der Waals surface area (Å²) in [7, 11) is 0. The second kappa shape index (κ2) is 14.2. The van der Waals surface area contributed by atoms with Crippen LogP contribution in [0.1, 0.15) is 44.5 Å². The molecule has 1 spiro atoms. The smallest absolute Gasteiger partial charge is 0.159 e. The van der Waals surface area contributed by atoms with Gasteiger partial charge in [0.15, 0.2) is 5.58 Å². The highest BCUT2D eigenvalue weighted by atomic mass is 16.3. The first-order chi connectivity index (χ1) is 35.2. The van der Waals surface area contributed by atoms with E-state index in [1.54, 1.807) is 0 Å². The van der Waals surface area contributed by atoms with Gasteiger partial charge in [-0.05, 0) is 115 Å². The van der Waals surface area contributed by atoms with Crippen molar-refractivity contribution in [1.82, 2.24) is 4.57 Å². The van der Waals surface area contributed by atoms with Crippen molar-refractivity contribution >= 4 is 60.8 Å². The summed E-state index contributed by atoms with van der Waals surface area (Å²) >= 11 is 0. The Hall–Kier alpha value is -9.18. The Labute approximate surface area is 410 Å². The maximum atomic E-state index is 6.99. The molecule has 1 atom stereocenters. The summed E-state index contributed by atoms with van der Waals surface area (Å²) < 4.78 is 9.51. The summed E-state index contributed by atoms with van der Waals surface area (Å²) in [4.78, 5) is 2.47. The summed E-state index contributed by atoms with van der Waals surface area (Å²) in [5.41, 5.74) is 22.5. The van der Waals surface area contributed by atoms with Crippen molar-refractivity contribution in [2.45, 2.75) is 10.8 Å². The molecule has 1 aliphatic heterocycles. The number of nitrogens with zero attached hydrogens (tertiary/aromatic N) is 2.